The van der Waals surface area contributed by atoms with E-state index in [1.54, 1.807) is 6.33 Å². The fourth-order valence-electron chi connectivity index (χ4n) is 2.06. The standard InChI is InChI=1S/C13H24N4/c1-6-11-12(14-7-2)15-9-16-13(11)17(8-3)10(4)5/h9-10H,6-8H2,1-5H3,(H,14,15,16). The molecule has 0 amide bonds. The molecule has 1 aromatic rings. The minimum atomic E-state index is 0.453. The second-order valence-corrected chi connectivity index (χ2v) is 4.29. The van der Waals surface area contributed by atoms with Crippen molar-refractivity contribution in [3.8, 4) is 0 Å². The van der Waals surface area contributed by atoms with Crippen LogP contribution in [0.25, 0.3) is 0 Å². The lowest BCUT2D eigenvalue weighted by molar-refractivity contribution is 0.687. The second kappa shape index (κ2) is 6.42. The predicted molar refractivity (Wildman–Crippen MR) is 73.7 cm³/mol. The zero-order chi connectivity index (χ0) is 12.8. The molecule has 1 aromatic heterocycles. The van der Waals surface area contributed by atoms with Gasteiger partial charge in [0.25, 0.3) is 0 Å². The molecule has 17 heavy (non-hydrogen) atoms. The Kier molecular flexibility index (Phi) is 5.19. The van der Waals surface area contributed by atoms with Crippen LogP contribution >= 0.6 is 0 Å². The molecule has 1 heterocycles. The van der Waals surface area contributed by atoms with Gasteiger partial charge in [0.2, 0.25) is 0 Å². The van der Waals surface area contributed by atoms with Crippen molar-refractivity contribution in [3.63, 3.8) is 0 Å². The van der Waals surface area contributed by atoms with Crippen molar-refractivity contribution in [3.05, 3.63) is 11.9 Å². The van der Waals surface area contributed by atoms with E-state index in [2.05, 4.69) is 54.8 Å². The van der Waals surface area contributed by atoms with Gasteiger partial charge in [-0.15, -0.1) is 0 Å². The molecule has 0 saturated carbocycles. The second-order valence-electron chi connectivity index (χ2n) is 4.29. The molecule has 0 saturated heterocycles. The molecule has 96 valence electrons. The topological polar surface area (TPSA) is 41.1 Å². The summed E-state index contributed by atoms with van der Waals surface area (Å²) < 4.78 is 0. The third-order valence-corrected chi connectivity index (χ3v) is 2.86. The number of rotatable bonds is 6. The van der Waals surface area contributed by atoms with E-state index in [1.807, 2.05) is 0 Å². The molecule has 0 bridgehead atoms. The zero-order valence-corrected chi connectivity index (χ0v) is 11.6. The Morgan fingerprint density at radius 1 is 1.24 bits per heavy atom. The Morgan fingerprint density at radius 3 is 2.41 bits per heavy atom. The minimum absolute atomic E-state index is 0.453. The van der Waals surface area contributed by atoms with E-state index >= 15 is 0 Å². The van der Waals surface area contributed by atoms with Crippen molar-refractivity contribution in [2.45, 2.75) is 47.1 Å². The monoisotopic (exact) mass is 236 g/mol. The SMILES string of the molecule is CCNc1ncnc(N(CC)C(C)C)c1CC. The third kappa shape index (κ3) is 3.08. The van der Waals surface area contributed by atoms with E-state index in [4.69, 9.17) is 0 Å². The highest BCUT2D eigenvalue weighted by atomic mass is 15.2. The number of aromatic nitrogens is 2. The fraction of sp³-hybridized carbons (Fsp3) is 0.692. The summed E-state index contributed by atoms with van der Waals surface area (Å²) in [5.41, 5.74) is 1.21. The highest BCUT2D eigenvalue weighted by molar-refractivity contribution is 5.59. The smallest absolute Gasteiger partial charge is 0.137 e. The van der Waals surface area contributed by atoms with Crippen LogP contribution in [-0.2, 0) is 6.42 Å². The Labute approximate surface area is 104 Å². The molecular formula is C13H24N4. The molecule has 0 atom stereocenters. The maximum absolute atomic E-state index is 4.46. The van der Waals surface area contributed by atoms with Crippen LogP contribution < -0.4 is 10.2 Å². The van der Waals surface area contributed by atoms with E-state index in [0.717, 1.165) is 31.1 Å². The van der Waals surface area contributed by atoms with Gasteiger partial charge in [0.15, 0.2) is 0 Å². The average Bonchev–Trinajstić information content (AvgIpc) is 2.30. The number of hydrogen-bond donors (Lipinski definition) is 1. The molecule has 0 aliphatic carbocycles. The molecule has 4 nitrogen and oxygen atoms in total. The van der Waals surface area contributed by atoms with Crippen LogP contribution in [0.3, 0.4) is 0 Å². The summed E-state index contributed by atoms with van der Waals surface area (Å²) >= 11 is 0. The maximum Gasteiger partial charge on any atom is 0.137 e. The minimum Gasteiger partial charge on any atom is -0.370 e. The molecule has 0 aliphatic rings. The summed E-state index contributed by atoms with van der Waals surface area (Å²) in [6.07, 6.45) is 2.60. The van der Waals surface area contributed by atoms with Gasteiger partial charge in [0.1, 0.15) is 18.0 Å². The lowest BCUT2D eigenvalue weighted by Gasteiger charge is -2.28. The average molecular weight is 236 g/mol. The molecular weight excluding hydrogens is 212 g/mol. The molecule has 0 spiro atoms. The van der Waals surface area contributed by atoms with Crippen LogP contribution in [-0.4, -0.2) is 29.1 Å². The summed E-state index contributed by atoms with van der Waals surface area (Å²) in [6, 6.07) is 0.453. The van der Waals surface area contributed by atoms with Crippen molar-refractivity contribution in [1.82, 2.24) is 9.97 Å². The quantitative estimate of drug-likeness (QED) is 0.824. The van der Waals surface area contributed by atoms with Crippen LogP contribution in [0.1, 0.15) is 40.2 Å². The van der Waals surface area contributed by atoms with Crippen molar-refractivity contribution in [2.75, 3.05) is 23.3 Å². The number of nitrogens with zero attached hydrogens (tertiary/aromatic N) is 3. The molecule has 1 N–H and O–H groups in total. The molecule has 4 heteroatoms. The molecule has 1 rings (SSSR count). The van der Waals surface area contributed by atoms with Crippen molar-refractivity contribution in [2.24, 2.45) is 0 Å². The Morgan fingerprint density at radius 2 is 1.94 bits per heavy atom. The van der Waals surface area contributed by atoms with Gasteiger partial charge in [-0.2, -0.15) is 0 Å². The van der Waals surface area contributed by atoms with Gasteiger partial charge in [0.05, 0.1) is 0 Å². The van der Waals surface area contributed by atoms with Gasteiger partial charge in [-0.25, -0.2) is 9.97 Å². The number of anilines is 2. The van der Waals surface area contributed by atoms with Crippen molar-refractivity contribution < 1.29 is 0 Å². The summed E-state index contributed by atoms with van der Waals surface area (Å²) in [5.74, 6) is 2.04. The first-order valence-electron chi connectivity index (χ1n) is 6.49. The van der Waals surface area contributed by atoms with E-state index in [0.29, 0.717) is 6.04 Å². The molecule has 0 unspecified atom stereocenters. The van der Waals surface area contributed by atoms with Crippen molar-refractivity contribution in [1.29, 1.82) is 0 Å². The normalized spacial score (nSPS) is 10.7. The van der Waals surface area contributed by atoms with E-state index in [1.165, 1.54) is 5.56 Å². The Bertz CT molecular complexity index is 349. The summed E-state index contributed by atoms with van der Waals surface area (Å²) in [4.78, 5) is 11.1. The first-order chi connectivity index (χ1) is 8.15. The molecule has 0 radical (unpaired) electrons. The predicted octanol–water partition coefficient (Wildman–Crippen LogP) is 2.71. The lowest BCUT2D eigenvalue weighted by atomic mass is 10.2. The largest absolute Gasteiger partial charge is 0.370 e. The van der Waals surface area contributed by atoms with E-state index < -0.39 is 0 Å². The Hall–Kier alpha value is -1.32. The van der Waals surface area contributed by atoms with E-state index in [-0.39, 0.29) is 0 Å². The lowest BCUT2D eigenvalue weighted by Crippen LogP contribution is -2.32. The van der Waals surface area contributed by atoms with Gasteiger partial charge in [-0.05, 0) is 34.1 Å². The van der Waals surface area contributed by atoms with Crippen molar-refractivity contribution >= 4 is 11.6 Å². The number of nitrogens with one attached hydrogen (secondary N) is 1. The van der Waals surface area contributed by atoms with E-state index in [9.17, 15) is 0 Å². The first kappa shape index (κ1) is 13.7. The van der Waals surface area contributed by atoms with Crippen LogP contribution in [0.15, 0.2) is 6.33 Å². The zero-order valence-electron chi connectivity index (χ0n) is 11.6. The van der Waals surface area contributed by atoms with Gasteiger partial charge >= 0.3 is 0 Å². The highest BCUT2D eigenvalue weighted by Gasteiger charge is 2.16. The highest BCUT2D eigenvalue weighted by Crippen LogP contribution is 2.25. The van der Waals surface area contributed by atoms with Gasteiger partial charge < -0.3 is 10.2 Å². The van der Waals surface area contributed by atoms with Crippen LogP contribution in [0, 0.1) is 0 Å². The van der Waals surface area contributed by atoms with Gasteiger partial charge in [-0.3, -0.25) is 0 Å². The Balaban J connectivity index is 3.17. The van der Waals surface area contributed by atoms with Crippen LogP contribution in [0.5, 0.6) is 0 Å². The summed E-state index contributed by atoms with van der Waals surface area (Å²) in [7, 11) is 0. The molecule has 0 fully saturated rings. The fourth-order valence-corrected chi connectivity index (χ4v) is 2.06. The van der Waals surface area contributed by atoms with Crippen LogP contribution in [0.4, 0.5) is 11.6 Å². The molecule has 0 aliphatic heterocycles. The van der Waals surface area contributed by atoms with Crippen LogP contribution in [0.2, 0.25) is 0 Å². The third-order valence-electron chi connectivity index (χ3n) is 2.86. The van der Waals surface area contributed by atoms with Gasteiger partial charge in [-0.1, -0.05) is 6.92 Å². The summed E-state index contributed by atoms with van der Waals surface area (Å²) in [6.45, 7) is 12.6. The first-order valence-corrected chi connectivity index (χ1v) is 6.49. The maximum atomic E-state index is 4.46. The number of hydrogen-bond acceptors (Lipinski definition) is 4. The molecule has 0 aromatic carbocycles. The van der Waals surface area contributed by atoms with Gasteiger partial charge in [0, 0.05) is 24.7 Å². The summed E-state index contributed by atoms with van der Waals surface area (Å²) in [5, 5.41) is 3.31.